The molecule has 0 aliphatic heterocycles. The van der Waals surface area contributed by atoms with Crippen molar-refractivity contribution in [1.82, 2.24) is 30.0 Å². The van der Waals surface area contributed by atoms with Gasteiger partial charge in [-0.15, -0.1) is 10.2 Å². The highest BCUT2D eigenvalue weighted by Crippen LogP contribution is 2.08. The Morgan fingerprint density at radius 2 is 1.54 bits per heavy atom. The van der Waals surface area contributed by atoms with Crippen LogP contribution in [0.2, 0.25) is 0 Å². The number of nitrogens with zero attached hydrogens (tertiary/aromatic N) is 6. The van der Waals surface area contributed by atoms with E-state index in [2.05, 4.69) is 30.1 Å². The van der Waals surface area contributed by atoms with Crippen molar-refractivity contribution in [3.8, 4) is 0 Å². The first-order chi connectivity index (χ1) is 13.1. The molecular formula is C14H18N6O8. The van der Waals surface area contributed by atoms with Crippen molar-refractivity contribution >= 4 is 23.9 Å². The first-order valence-electron chi connectivity index (χ1n) is 7.58. The number of esters is 2. The van der Waals surface area contributed by atoms with Crippen LogP contribution >= 0.6 is 0 Å². The second-order valence-electron chi connectivity index (χ2n) is 5.16. The molecule has 0 aliphatic carbocycles. The summed E-state index contributed by atoms with van der Waals surface area (Å²) in [5.41, 5.74) is 0.00278. The molecule has 2 rings (SSSR count). The number of methoxy groups -OCH3 is 2. The number of aromatic nitrogens is 6. The first kappa shape index (κ1) is 22.2. The molecule has 0 radical (unpaired) electrons. The lowest BCUT2D eigenvalue weighted by Gasteiger charge is -2.07. The molecule has 2 aromatic rings. The summed E-state index contributed by atoms with van der Waals surface area (Å²) in [6.07, 6.45) is 2.38. The number of carboxylic acids is 2. The fraction of sp³-hybridized carbons (Fsp3) is 0.429. The lowest BCUT2D eigenvalue weighted by molar-refractivity contribution is -0.141. The van der Waals surface area contributed by atoms with Crippen LogP contribution in [0.15, 0.2) is 12.4 Å². The SMILES string of the molecule is COC(=O)c1cn(C(C)C(=O)O)nn1.COC(=O)c1cnnn1C(C)C(=O)O. The van der Waals surface area contributed by atoms with Gasteiger partial charge >= 0.3 is 23.9 Å². The summed E-state index contributed by atoms with van der Waals surface area (Å²) in [7, 11) is 2.41. The molecule has 14 nitrogen and oxygen atoms in total. The number of carboxylic acid groups (broad SMARTS) is 2. The van der Waals surface area contributed by atoms with Gasteiger partial charge in [0.25, 0.3) is 0 Å². The molecule has 0 spiro atoms. The normalized spacial score (nSPS) is 12.1. The third-order valence-corrected chi connectivity index (χ3v) is 3.35. The number of carbonyl (C=O) groups excluding carboxylic acids is 2. The number of hydrogen-bond acceptors (Lipinski definition) is 10. The average Bonchev–Trinajstić information content (AvgIpc) is 3.35. The largest absolute Gasteiger partial charge is 0.480 e. The fourth-order valence-electron chi connectivity index (χ4n) is 1.66. The highest BCUT2D eigenvalue weighted by molar-refractivity contribution is 5.88. The minimum absolute atomic E-state index is 0.0133. The Hall–Kier alpha value is -3.84. The molecule has 2 atom stereocenters. The molecule has 0 saturated heterocycles. The van der Waals surface area contributed by atoms with Crippen molar-refractivity contribution in [1.29, 1.82) is 0 Å². The molecule has 28 heavy (non-hydrogen) atoms. The molecule has 152 valence electrons. The van der Waals surface area contributed by atoms with E-state index in [1.165, 1.54) is 34.3 Å². The van der Waals surface area contributed by atoms with Crippen LogP contribution in [0.3, 0.4) is 0 Å². The van der Waals surface area contributed by atoms with Crippen LogP contribution in [0.25, 0.3) is 0 Å². The number of rotatable bonds is 6. The maximum Gasteiger partial charge on any atom is 0.360 e. The third-order valence-electron chi connectivity index (χ3n) is 3.35. The molecule has 2 N–H and O–H groups in total. The van der Waals surface area contributed by atoms with Crippen molar-refractivity contribution in [2.45, 2.75) is 25.9 Å². The van der Waals surface area contributed by atoms with E-state index in [1.807, 2.05) is 0 Å². The van der Waals surface area contributed by atoms with Crippen molar-refractivity contribution in [3.63, 3.8) is 0 Å². The van der Waals surface area contributed by atoms with Crippen molar-refractivity contribution in [2.75, 3.05) is 14.2 Å². The van der Waals surface area contributed by atoms with Gasteiger partial charge in [0.05, 0.1) is 26.6 Å². The molecule has 0 aromatic carbocycles. The third kappa shape index (κ3) is 5.33. The summed E-state index contributed by atoms with van der Waals surface area (Å²) in [4.78, 5) is 43.2. The summed E-state index contributed by atoms with van der Waals surface area (Å²) in [6.45, 7) is 2.82. The molecule has 2 unspecified atom stereocenters. The minimum atomic E-state index is -1.10. The van der Waals surface area contributed by atoms with Gasteiger partial charge in [-0.3, -0.25) is 0 Å². The van der Waals surface area contributed by atoms with Crippen LogP contribution in [0, 0.1) is 0 Å². The summed E-state index contributed by atoms with van der Waals surface area (Å²) < 4.78 is 10.9. The molecule has 2 aromatic heterocycles. The van der Waals surface area contributed by atoms with E-state index in [1.54, 1.807) is 0 Å². The molecule has 2 heterocycles. The zero-order valence-electron chi connectivity index (χ0n) is 15.3. The maximum absolute atomic E-state index is 11.1. The molecule has 0 aliphatic rings. The summed E-state index contributed by atoms with van der Waals surface area (Å²) >= 11 is 0. The van der Waals surface area contributed by atoms with E-state index < -0.39 is 36.0 Å². The zero-order valence-corrected chi connectivity index (χ0v) is 15.3. The minimum Gasteiger partial charge on any atom is -0.480 e. The molecule has 14 heteroatoms. The quantitative estimate of drug-likeness (QED) is 0.590. The smallest absolute Gasteiger partial charge is 0.360 e. The second kappa shape index (κ2) is 9.75. The topological polar surface area (TPSA) is 189 Å². The fourth-order valence-corrected chi connectivity index (χ4v) is 1.66. The Balaban J connectivity index is 0.000000280. The van der Waals surface area contributed by atoms with Crippen molar-refractivity contribution < 1.29 is 38.9 Å². The Bertz CT molecular complexity index is 860. The monoisotopic (exact) mass is 398 g/mol. The lowest BCUT2D eigenvalue weighted by atomic mass is 10.3. The highest BCUT2D eigenvalue weighted by Gasteiger charge is 2.22. The number of aliphatic carboxylic acids is 2. The standard InChI is InChI=1S/2C7H9N3O4/c1-4(6(11)12)10-3-5(8-9-10)7(13)14-2;1-4(6(11)12)10-5(3-8-9-10)7(13)14-2/h2*3-4H,1-2H3,(H,11,12). The van der Waals surface area contributed by atoms with E-state index >= 15 is 0 Å². The number of carbonyl (C=O) groups is 4. The van der Waals surface area contributed by atoms with Gasteiger partial charge in [0, 0.05) is 0 Å². The van der Waals surface area contributed by atoms with Gasteiger partial charge in [-0.2, -0.15) is 0 Å². The maximum atomic E-state index is 11.1. The number of hydrogen-bond donors (Lipinski definition) is 2. The summed E-state index contributed by atoms with van der Waals surface area (Å²) in [5.74, 6) is -3.45. The molecule has 0 saturated carbocycles. The van der Waals surface area contributed by atoms with Gasteiger partial charge in [0.2, 0.25) is 0 Å². The van der Waals surface area contributed by atoms with Crippen molar-refractivity contribution in [3.05, 3.63) is 23.8 Å². The van der Waals surface area contributed by atoms with E-state index in [4.69, 9.17) is 10.2 Å². The molecule has 0 amide bonds. The Morgan fingerprint density at radius 1 is 0.964 bits per heavy atom. The van der Waals surface area contributed by atoms with Crippen LogP contribution in [0.1, 0.15) is 46.9 Å². The molecule has 0 bridgehead atoms. The Labute approximate surface area is 157 Å². The van der Waals surface area contributed by atoms with Crippen molar-refractivity contribution in [2.24, 2.45) is 0 Å². The molecular weight excluding hydrogens is 380 g/mol. The first-order valence-corrected chi connectivity index (χ1v) is 7.58. The Kier molecular flexibility index (Phi) is 7.73. The van der Waals surface area contributed by atoms with Gasteiger partial charge in [0.1, 0.15) is 12.1 Å². The second-order valence-corrected chi connectivity index (χ2v) is 5.16. The van der Waals surface area contributed by atoms with Gasteiger partial charge in [0.15, 0.2) is 11.4 Å². The number of ether oxygens (including phenoxy) is 2. The predicted molar refractivity (Wildman–Crippen MR) is 87.4 cm³/mol. The van der Waals surface area contributed by atoms with Gasteiger partial charge in [-0.25, -0.2) is 28.5 Å². The summed E-state index contributed by atoms with van der Waals surface area (Å²) in [6, 6.07) is -1.81. The summed E-state index contributed by atoms with van der Waals surface area (Å²) in [5, 5.41) is 31.2. The van der Waals surface area contributed by atoms with Crippen LogP contribution in [0.4, 0.5) is 0 Å². The zero-order chi connectivity index (χ0) is 21.4. The molecule has 0 fully saturated rings. The van der Waals surface area contributed by atoms with Crippen LogP contribution in [0.5, 0.6) is 0 Å². The van der Waals surface area contributed by atoms with Crippen LogP contribution in [-0.4, -0.2) is 78.3 Å². The van der Waals surface area contributed by atoms with Gasteiger partial charge < -0.3 is 19.7 Å². The highest BCUT2D eigenvalue weighted by atomic mass is 16.5. The Morgan fingerprint density at radius 3 is 2.04 bits per heavy atom. The van der Waals surface area contributed by atoms with Gasteiger partial charge in [-0.05, 0) is 13.8 Å². The van der Waals surface area contributed by atoms with E-state index in [0.717, 1.165) is 15.6 Å². The van der Waals surface area contributed by atoms with Crippen LogP contribution < -0.4 is 0 Å². The lowest BCUT2D eigenvalue weighted by Crippen LogP contribution is -2.21. The average molecular weight is 398 g/mol. The van der Waals surface area contributed by atoms with E-state index in [-0.39, 0.29) is 11.4 Å². The van der Waals surface area contributed by atoms with Gasteiger partial charge in [-0.1, -0.05) is 10.4 Å². The predicted octanol–water partition coefficient (Wildman–Crippen LogP) is -0.579. The van der Waals surface area contributed by atoms with Crippen LogP contribution in [-0.2, 0) is 19.1 Å². The van der Waals surface area contributed by atoms with E-state index in [9.17, 15) is 19.2 Å². The van der Waals surface area contributed by atoms with E-state index in [0.29, 0.717) is 0 Å².